The number of benzene rings is 1. The fourth-order valence-electron chi connectivity index (χ4n) is 2.94. The Kier molecular flexibility index (Phi) is 4.53. The number of amides is 1. The van der Waals surface area contributed by atoms with Gasteiger partial charge in [0.15, 0.2) is 0 Å². The molecule has 1 fully saturated rings. The molecule has 1 heterocycles. The van der Waals surface area contributed by atoms with E-state index >= 15 is 0 Å². The Hall–Kier alpha value is -1.68. The normalized spacial score (nSPS) is 15.7. The maximum Gasteiger partial charge on any atom is 0.263 e. The molecule has 0 saturated heterocycles. The highest BCUT2D eigenvalue weighted by Crippen LogP contribution is 2.47. The van der Waals surface area contributed by atoms with Gasteiger partial charge in [-0.1, -0.05) is 44.2 Å². The first-order chi connectivity index (χ1) is 11.0. The van der Waals surface area contributed by atoms with Crippen LogP contribution in [0.5, 0.6) is 0 Å². The zero-order chi connectivity index (χ0) is 16.4. The van der Waals surface area contributed by atoms with E-state index in [1.807, 2.05) is 13.0 Å². The SMILES string of the molecule is Cc1nc(CC(C)C)sc1C(=O)NCC1(c2ccccc2)CC1. The lowest BCUT2D eigenvalue weighted by Gasteiger charge is -2.16. The summed E-state index contributed by atoms with van der Waals surface area (Å²) in [7, 11) is 0. The summed E-state index contributed by atoms with van der Waals surface area (Å²) in [6, 6.07) is 10.5. The van der Waals surface area contributed by atoms with E-state index in [2.05, 4.69) is 48.4 Å². The molecule has 1 aromatic carbocycles. The Morgan fingerprint density at radius 1 is 1.30 bits per heavy atom. The average Bonchev–Trinajstić information content (AvgIpc) is 3.23. The van der Waals surface area contributed by atoms with Gasteiger partial charge < -0.3 is 5.32 Å². The minimum atomic E-state index is 0.0252. The number of thiazole rings is 1. The molecule has 0 unspecified atom stereocenters. The Morgan fingerprint density at radius 3 is 2.61 bits per heavy atom. The van der Waals surface area contributed by atoms with Gasteiger partial charge in [0.05, 0.1) is 10.7 Å². The van der Waals surface area contributed by atoms with E-state index in [4.69, 9.17) is 0 Å². The fourth-order valence-corrected chi connectivity index (χ4v) is 4.13. The molecule has 4 heteroatoms. The molecule has 1 aliphatic carbocycles. The van der Waals surface area contributed by atoms with Gasteiger partial charge in [-0.25, -0.2) is 4.98 Å². The average molecular weight is 328 g/mol. The molecule has 0 spiro atoms. The van der Waals surface area contributed by atoms with E-state index in [1.165, 1.54) is 16.9 Å². The monoisotopic (exact) mass is 328 g/mol. The summed E-state index contributed by atoms with van der Waals surface area (Å²) < 4.78 is 0. The van der Waals surface area contributed by atoms with E-state index < -0.39 is 0 Å². The second kappa shape index (κ2) is 6.44. The van der Waals surface area contributed by atoms with Crippen LogP contribution in [0, 0.1) is 12.8 Å². The molecule has 0 radical (unpaired) electrons. The predicted octanol–water partition coefficient (Wildman–Crippen LogP) is 4.11. The van der Waals surface area contributed by atoms with Crippen LogP contribution in [0.15, 0.2) is 30.3 Å². The van der Waals surface area contributed by atoms with Gasteiger partial charge in [0.1, 0.15) is 4.88 Å². The van der Waals surface area contributed by atoms with Crippen molar-refractivity contribution >= 4 is 17.2 Å². The third kappa shape index (κ3) is 3.63. The Bertz CT molecular complexity index is 687. The second-order valence-corrected chi connectivity index (χ2v) is 8.03. The summed E-state index contributed by atoms with van der Waals surface area (Å²) in [6.45, 7) is 6.99. The number of rotatable bonds is 6. The van der Waals surface area contributed by atoms with Gasteiger partial charge in [0.2, 0.25) is 0 Å². The van der Waals surface area contributed by atoms with Gasteiger partial charge >= 0.3 is 0 Å². The van der Waals surface area contributed by atoms with Crippen molar-refractivity contribution in [3.05, 3.63) is 51.5 Å². The van der Waals surface area contributed by atoms with Crippen molar-refractivity contribution in [2.45, 2.75) is 45.4 Å². The van der Waals surface area contributed by atoms with Crippen LogP contribution in [-0.2, 0) is 11.8 Å². The first-order valence-electron chi connectivity index (χ1n) is 8.30. The molecule has 1 N–H and O–H groups in total. The molecular formula is C19H24N2OS. The van der Waals surface area contributed by atoms with Crippen LogP contribution in [0.4, 0.5) is 0 Å². The molecule has 2 aromatic rings. The largest absolute Gasteiger partial charge is 0.350 e. The van der Waals surface area contributed by atoms with Crippen LogP contribution in [0.2, 0.25) is 0 Å². The summed E-state index contributed by atoms with van der Waals surface area (Å²) in [4.78, 5) is 17.8. The van der Waals surface area contributed by atoms with Crippen LogP contribution in [-0.4, -0.2) is 17.4 Å². The first kappa shape index (κ1) is 16.2. The summed E-state index contributed by atoms with van der Waals surface area (Å²) in [5, 5.41) is 4.20. The molecule has 1 aromatic heterocycles. The fraction of sp³-hybridized carbons (Fsp3) is 0.474. The van der Waals surface area contributed by atoms with E-state index in [9.17, 15) is 4.79 Å². The van der Waals surface area contributed by atoms with Crippen LogP contribution >= 0.6 is 11.3 Å². The minimum Gasteiger partial charge on any atom is -0.350 e. The summed E-state index contributed by atoms with van der Waals surface area (Å²) in [5.74, 6) is 0.585. The second-order valence-electron chi connectivity index (χ2n) is 6.95. The highest BCUT2D eigenvalue weighted by molar-refractivity contribution is 7.13. The van der Waals surface area contributed by atoms with Gasteiger partial charge in [0, 0.05) is 18.4 Å². The number of carbonyl (C=O) groups excluding carboxylic acids is 1. The molecule has 3 rings (SSSR count). The summed E-state index contributed by atoms with van der Waals surface area (Å²) in [6.07, 6.45) is 3.24. The lowest BCUT2D eigenvalue weighted by Crippen LogP contribution is -2.32. The van der Waals surface area contributed by atoms with Gasteiger partial charge in [-0.3, -0.25) is 4.79 Å². The number of aryl methyl sites for hydroxylation is 1. The molecule has 0 atom stereocenters. The smallest absolute Gasteiger partial charge is 0.263 e. The van der Waals surface area contributed by atoms with Gasteiger partial charge in [-0.05, 0) is 31.2 Å². The summed E-state index contributed by atoms with van der Waals surface area (Å²) >= 11 is 1.54. The predicted molar refractivity (Wildman–Crippen MR) is 95.1 cm³/mol. The zero-order valence-electron chi connectivity index (χ0n) is 14.1. The molecule has 122 valence electrons. The van der Waals surface area contributed by atoms with Gasteiger partial charge in [-0.15, -0.1) is 11.3 Å². The van der Waals surface area contributed by atoms with Crippen molar-refractivity contribution in [1.29, 1.82) is 0 Å². The van der Waals surface area contributed by atoms with Crippen LogP contribution in [0.1, 0.15) is 52.6 Å². The standard InChI is InChI=1S/C19H24N2OS/c1-13(2)11-16-21-14(3)17(23-16)18(22)20-12-19(9-10-19)15-7-5-4-6-8-15/h4-8,13H,9-12H2,1-3H3,(H,20,22). The number of nitrogens with one attached hydrogen (secondary N) is 1. The van der Waals surface area contributed by atoms with Crippen molar-refractivity contribution in [3.63, 3.8) is 0 Å². The lowest BCUT2D eigenvalue weighted by molar-refractivity contribution is 0.0953. The lowest BCUT2D eigenvalue weighted by atomic mass is 9.96. The first-order valence-corrected chi connectivity index (χ1v) is 9.12. The molecule has 0 bridgehead atoms. The van der Waals surface area contributed by atoms with Gasteiger partial charge in [-0.2, -0.15) is 0 Å². The number of hydrogen-bond donors (Lipinski definition) is 1. The summed E-state index contributed by atoms with van der Waals surface area (Å²) in [5.41, 5.74) is 2.34. The minimum absolute atomic E-state index is 0.0252. The molecular weight excluding hydrogens is 304 g/mol. The number of aromatic nitrogens is 1. The molecule has 1 saturated carbocycles. The third-order valence-electron chi connectivity index (χ3n) is 4.46. The van der Waals surface area contributed by atoms with E-state index in [1.54, 1.807) is 0 Å². The number of carbonyl (C=O) groups is 1. The number of hydrogen-bond acceptors (Lipinski definition) is 3. The van der Waals surface area contributed by atoms with E-state index in [0.29, 0.717) is 12.5 Å². The molecule has 1 aliphatic rings. The molecule has 0 aliphatic heterocycles. The Balaban J connectivity index is 1.65. The van der Waals surface area contributed by atoms with Crippen molar-refractivity contribution < 1.29 is 4.79 Å². The van der Waals surface area contributed by atoms with Crippen LogP contribution in [0.3, 0.4) is 0 Å². The molecule has 23 heavy (non-hydrogen) atoms. The topological polar surface area (TPSA) is 42.0 Å². The van der Waals surface area contributed by atoms with Crippen LogP contribution < -0.4 is 5.32 Å². The Morgan fingerprint density at radius 2 is 2.00 bits per heavy atom. The maximum absolute atomic E-state index is 12.5. The van der Waals surface area contributed by atoms with Crippen molar-refractivity contribution in [2.75, 3.05) is 6.54 Å². The van der Waals surface area contributed by atoms with E-state index in [-0.39, 0.29) is 11.3 Å². The highest BCUT2D eigenvalue weighted by Gasteiger charge is 2.44. The Labute approximate surface area is 142 Å². The van der Waals surface area contributed by atoms with Crippen molar-refractivity contribution in [2.24, 2.45) is 5.92 Å². The third-order valence-corrected chi connectivity index (χ3v) is 5.64. The zero-order valence-corrected chi connectivity index (χ0v) is 14.9. The maximum atomic E-state index is 12.5. The number of nitrogens with zero attached hydrogens (tertiary/aromatic N) is 1. The molecule has 1 amide bonds. The van der Waals surface area contributed by atoms with Crippen LogP contribution in [0.25, 0.3) is 0 Å². The van der Waals surface area contributed by atoms with E-state index in [0.717, 1.165) is 34.8 Å². The van der Waals surface area contributed by atoms with Crippen molar-refractivity contribution in [1.82, 2.24) is 10.3 Å². The van der Waals surface area contributed by atoms with Gasteiger partial charge in [0.25, 0.3) is 5.91 Å². The quantitative estimate of drug-likeness (QED) is 0.867. The van der Waals surface area contributed by atoms with Crippen molar-refractivity contribution in [3.8, 4) is 0 Å². The highest BCUT2D eigenvalue weighted by atomic mass is 32.1. The molecule has 3 nitrogen and oxygen atoms in total.